The summed E-state index contributed by atoms with van der Waals surface area (Å²) in [6.45, 7) is -0.122. The molecule has 3 rings (SSSR count). The maximum Gasteiger partial charge on any atom is 0.350 e. The van der Waals surface area contributed by atoms with E-state index in [0.29, 0.717) is 5.65 Å². The van der Waals surface area contributed by atoms with E-state index in [1.165, 1.54) is 4.40 Å². The number of nitrogens with zero attached hydrogens (tertiary/aromatic N) is 3. The highest BCUT2D eigenvalue weighted by Gasteiger charge is 2.11. The largest absolute Gasteiger partial charge is 0.350 e. The van der Waals surface area contributed by atoms with Gasteiger partial charge in [0.2, 0.25) is 5.91 Å². The van der Waals surface area contributed by atoms with Crippen molar-refractivity contribution in [2.75, 3.05) is 11.6 Å². The Labute approximate surface area is 130 Å². The molecule has 1 aromatic carbocycles. The van der Waals surface area contributed by atoms with E-state index in [-0.39, 0.29) is 18.1 Å². The van der Waals surface area contributed by atoms with Crippen molar-refractivity contribution in [2.45, 2.75) is 11.4 Å². The lowest BCUT2D eigenvalue weighted by Gasteiger charge is -2.08. The summed E-state index contributed by atoms with van der Waals surface area (Å²) in [5.41, 5.74) is 0.922. The van der Waals surface area contributed by atoms with Crippen LogP contribution in [0.2, 0.25) is 0 Å². The number of carbonyl (C=O) groups excluding carboxylic acids is 1. The Morgan fingerprint density at radius 2 is 2.00 bits per heavy atom. The lowest BCUT2D eigenvalue weighted by molar-refractivity contribution is -0.117. The first-order valence-corrected chi connectivity index (χ1v) is 7.88. The van der Waals surface area contributed by atoms with Crippen molar-refractivity contribution in [3.05, 3.63) is 59.1 Å². The van der Waals surface area contributed by atoms with Gasteiger partial charge in [-0.15, -0.1) is 16.9 Å². The van der Waals surface area contributed by atoms with Gasteiger partial charge in [-0.05, 0) is 30.5 Å². The van der Waals surface area contributed by atoms with Crippen LogP contribution in [0.4, 0.5) is 5.69 Å². The fraction of sp³-hybridized carbons (Fsp3) is 0.133. The van der Waals surface area contributed by atoms with E-state index in [2.05, 4.69) is 10.4 Å². The molecule has 0 fully saturated rings. The fourth-order valence-electron chi connectivity index (χ4n) is 2.14. The van der Waals surface area contributed by atoms with E-state index >= 15 is 0 Å². The van der Waals surface area contributed by atoms with Gasteiger partial charge in [-0.1, -0.05) is 18.2 Å². The second-order valence-corrected chi connectivity index (χ2v) is 5.47. The molecular weight excluding hydrogens is 300 g/mol. The first kappa shape index (κ1) is 14.4. The van der Waals surface area contributed by atoms with Crippen molar-refractivity contribution < 1.29 is 4.79 Å². The topological polar surface area (TPSA) is 68.4 Å². The molecule has 3 aromatic rings. The molecule has 112 valence electrons. The summed E-state index contributed by atoms with van der Waals surface area (Å²) in [6, 6.07) is 12.8. The highest BCUT2D eigenvalue weighted by atomic mass is 32.2. The van der Waals surface area contributed by atoms with Crippen LogP contribution in [0.25, 0.3) is 5.65 Å². The van der Waals surface area contributed by atoms with Gasteiger partial charge in [0.15, 0.2) is 5.65 Å². The lowest BCUT2D eigenvalue weighted by Crippen LogP contribution is -2.28. The average molecular weight is 314 g/mol. The minimum atomic E-state index is -0.330. The van der Waals surface area contributed by atoms with E-state index in [4.69, 9.17) is 0 Å². The molecule has 2 heterocycles. The van der Waals surface area contributed by atoms with Crippen LogP contribution in [-0.2, 0) is 11.3 Å². The van der Waals surface area contributed by atoms with Crippen LogP contribution in [-0.4, -0.2) is 26.3 Å². The molecule has 0 atom stereocenters. The van der Waals surface area contributed by atoms with Crippen LogP contribution >= 0.6 is 11.8 Å². The van der Waals surface area contributed by atoms with Gasteiger partial charge in [-0.2, -0.15) is 0 Å². The van der Waals surface area contributed by atoms with Gasteiger partial charge in [-0.3, -0.25) is 9.20 Å². The molecular formula is C15H14N4O2S. The number of para-hydroxylation sites is 1. The van der Waals surface area contributed by atoms with Crippen molar-refractivity contribution in [1.82, 2.24) is 14.2 Å². The molecule has 0 spiro atoms. The smallest absolute Gasteiger partial charge is 0.323 e. The number of thioether (sulfide) groups is 1. The number of pyridine rings is 1. The molecule has 0 saturated heterocycles. The normalized spacial score (nSPS) is 10.8. The summed E-state index contributed by atoms with van der Waals surface area (Å²) in [5.74, 6) is -0.285. The number of hydrogen-bond acceptors (Lipinski definition) is 4. The van der Waals surface area contributed by atoms with Crippen LogP contribution in [0.1, 0.15) is 0 Å². The third-order valence-corrected chi connectivity index (χ3v) is 3.96. The number of hydrogen-bond donors (Lipinski definition) is 1. The molecule has 0 aliphatic heterocycles. The van der Waals surface area contributed by atoms with E-state index in [0.717, 1.165) is 15.3 Å². The zero-order valence-electron chi connectivity index (χ0n) is 11.9. The lowest BCUT2D eigenvalue weighted by atomic mass is 10.3. The number of benzene rings is 1. The van der Waals surface area contributed by atoms with Crippen LogP contribution in [0.15, 0.2) is 58.4 Å². The number of nitrogens with one attached hydrogen (secondary N) is 1. The molecule has 0 bridgehead atoms. The van der Waals surface area contributed by atoms with Gasteiger partial charge in [0.25, 0.3) is 0 Å². The molecule has 1 amide bonds. The summed E-state index contributed by atoms with van der Waals surface area (Å²) in [4.78, 5) is 25.2. The molecule has 22 heavy (non-hydrogen) atoms. The number of fused-ring (bicyclic) bond motifs is 1. The fourth-order valence-corrected chi connectivity index (χ4v) is 2.70. The Hall–Kier alpha value is -2.54. The van der Waals surface area contributed by atoms with Gasteiger partial charge in [0.1, 0.15) is 6.54 Å². The summed E-state index contributed by atoms with van der Waals surface area (Å²) in [6.07, 6.45) is 3.57. The van der Waals surface area contributed by atoms with Gasteiger partial charge in [-0.25, -0.2) is 9.48 Å². The second-order valence-electron chi connectivity index (χ2n) is 4.62. The Bertz CT molecular complexity index is 884. The highest BCUT2D eigenvalue weighted by Crippen LogP contribution is 2.24. The van der Waals surface area contributed by atoms with Crippen molar-refractivity contribution in [2.24, 2.45) is 0 Å². The summed E-state index contributed by atoms with van der Waals surface area (Å²) >= 11 is 1.55. The summed E-state index contributed by atoms with van der Waals surface area (Å²) < 4.78 is 2.56. The van der Waals surface area contributed by atoms with Crippen LogP contribution in [0.3, 0.4) is 0 Å². The predicted molar refractivity (Wildman–Crippen MR) is 86.3 cm³/mol. The number of aromatic nitrogens is 3. The SMILES string of the molecule is CSc1ccccc1NC(=O)Cn1nc2ccccn2c1=O. The standard InChI is InChI=1S/C15H14N4O2S/c1-22-12-7-3-2-6-11(12)16-14(20)10-19-15(21)18-9-5-4-8-13(18)17-19/h2-9H,10H2,1H3,(H,16,20). The zero-order valence-corrected chi connectivity index (χ0v) is 12.7. The summed E-state index contributed by atoms with van der Waals surface area (Å²) in [7, 11) is 0. The van der Waals surface area contributed by atoms with Crippen molar-refractivity contribution >= 4 is 29.0 Å². The van der Waals surface area contributed by atoms with Crippen molar-refractivity contribution in [3.8, 4) is 0 Å². The molecule has 2 aromatic heterocycles. The Morgan fingerprint density at radius 3 is 2.77 bits per heavy atom. The minimum Gasteiger partial charge on any atom is -0.323 e. The monoisotopic (exact) mass is 314 g/mol. The molecule has 0 unspecified atom stereocenters. The van der Waals surface area contributed by atoms with Gasteiger partial charge in [0, 0.05) is 11.1 Å². The Balaban J connectivity index is 1.81. The van der Waals surface area contributed by atoms with Crippen LogP contribution in [0.5, 0.6) is 0 Å². The Morgan fingerprint density at radius 1 is 1.23 bits per heavy atom. The van der Waals surface area contributed by atoms with Gasteiger partial charge >= 0.3 is 5.69 Å². The number of carbonyl (C=O) groups is 1. The van der Waals surface area contributed by atoms with Crippen molar-refractivity contribution in [1.29, 1.82) is 0 Å². The zero-order chi connectivity index (χ0) is 15.5. The number of anilines is 1. The predicted octanol–water partition coefficient (Wildman–Crippen LogP) is 1.86. The minimum absolute atomic E-state index is 0.122. The number of rotatable bonds is 4. The summed E-state index contributed by atoms with van der Waals surface area (Å²) in [5, 5.41) is 6.95. The van der Waals surface area contributed by atoms with Crippen LogP contribution in [0, 0.1) is 0 Å². The van der Waals surface area contributed by atoms with E-state index in [1.54, 1.807) is 36.2 Å². The molecule has 1 N–H and O–H groups in total. The molecule has 6 nitrogen and oxygen atoms in total. The maximum atomic E-state index is 12.1. The van der Waals surface area contributed by atoms with E-state index in [9.17, 15) is 9.59 Å². The molecule has 7 heteroatoms. The van der Waals surface area contributed by atoms with Gasteiger partial charge in [0.05, 0.1) is 5.69 Å². The maximum absolute atomic E-state index is 12.1. The van der Waals surface area contributed by atoms with Crippen LogP contribution < -0.4 is 11.0 Å². The molecule has 0 aliphatic carbocycles. The number of amides is 1. The second kappa shape index (κ2) is 6.07. The van der Waals surface area contributed by atoms with Gasteiger partial charge < -0.3 is 5.32 Å². The third-order valence-electron chi connectivity index (χ3n) is 3.16. The quantitative estimate of drug-likeness (QED) is 0.746. The van der Waals surface area contributed by atoms with E-state index in [1.807, 2.05) is 30.5 Å². The first-order chi connectivity index (χ1) is 10.7. The molecule has 0 radical (unpaired) electrons. The molecule has 0 saturated carbocycles. The highest BCUT2D eigenvalue weighted by molar-refractivity contribution is 7.98. The third kappa shape index (κ3) is 2.75. The first-order valence-electron chi connectivity index (χ1n) is 6.66. The average Bonchev–Trinajstić information content (AvgIpc) is 2.84. The molecule has 0 aliphatic rings. The van der Waals surface area contributed by atoms with E-state index < -0.39 is 0 Å². The Kier molecular flexibility index (Phi) is 3.97. The van der Waals surface area contributed by atoms with Crippen molar-refractivity contribution in [3.63, 3.8) is 0 Å².